The first-order valence-corrected chi connectivity index (χ1v) is 5.22. The molecule has 0 aliphatic rings. The lowest BCUT2D eigenvalue weighted by Gasteiger charge is -2.22. The van der Waals surface area contributed by atoms with Crippen molar-refractivity contribution in [1.82, 2.24) is 4.90 Å². The summed E-state index contributed by atoms with van der Waals surface area (Å²) in [6, 6.07) is 9.81. The number of aliphatic hydroxyl groups is 1. The number of benzene rings is 1. The third-order valence-electron chi connectivity index (χ3n) is 2.36. The molecular weight excluding hydrogens is 188 g/mol. The van der Waals surface area contributed by atoms with Crippen LogP contribution in [0.25, 0.3) is 0 Å². The maximum absolute atomic E-state index is 9.78. The van der Waals surface area contributed by atoms with E-state index in [9.17, 15) is 5.11 Å². The summed E-state index contributed by atoms with van der Waals surface area (Å²) >= 11 is 0. The van der Waals surface area contributed by atoms with Crippen molar-refractivity contribution in [3.05, 3.63) is 35.9 Å². The number of aliphatic hydroxyl groups excluding tert-OH is 1. The molecule has 0 aliphatic heterocycles. The molecule has 84 valence electrons. The molecular formula is C12H20N2O. The van der Waals surface area contributed by atoms with E-state index < -0.39 is 6.10 Å². The average molecular weight is 208 g/mol. The maximum Gasteiger partial charge on any atom is 0.0820 e. The van der Waals surface area contributed by atoms with Gasteiger partial charge in [0.05, 0.1) is 6.10 Å². The summed E-state index contributed by atoms with van der Waals surface area (Å²) < 4.78 is 0. The van der Waals surface area contributed by atoms with Crippen LogP contribution < -0.4 is 5.73 Å². The maximum atomic E-state index is 9.78. The van der Waals surface area contributed by atoms with Gasteiger partial charge in [-0.25, -0.2) is 0 Å². The van der Waals surface area contributed by atoms with Gasteiger partial charge in [0.25, 0.3) is 0 Å². The van der Waals surface area contributed by atoms with Gasteiger partial charge in [-0.2, -0.15) is 0 Å². The highest BCUT2D eigenvalue weighted by atomic mass is 16.3. The summed E-state index contributed by atoms with van der Waals surface area (Å²) in [6.07, 6.45) is 0.246. The molecule has 0 saturated heterocycles. The van der Waals surface area contributed by atoms with Crippen molar-refractivity contribution < 1.29 is 5.11 Å². The van der Waals surface area contributed by atoms with Crippen LogP contribution in [0.3, 0.4) is 0 Å². The van der Waals surface area contributed by atoms with Crippen LogP contribution in [-0.4, -0.2) is 42.8 Å². The SMILES string of the molecule is CN(C)CC(O)C(N)Cc1ccccc1. The molecule has 3 nitrogen and oxygen atoms in total. The van der Waals surface area contributed by atoms with E-state index in [0.29, 0.717) is 6.54 Å². The van der Waals surface area contributed by atoms with Gasteiger partial charge in [0, 0.05) is 12.6 Å². The molecule has 0 aliphatic carbocycles. The Morgan fingerprint density at radius 2 is 1.87 bits per heavy atom. The van der Waals surface area contributed by atoms with E-state index in [4.69, 9.17) is 5.73 Å². The van der Waals surface area contributed by atoms with Crippen molar-refractivity contribution in [2.75, 3.05) is 20.6 Å². The van der Waals surface area contributed by atoms with Crippen LogP contribution in [0.2, 0.25) is 0 Å². The molecule has 0 saturated carbocycles. The number of rotatable bonds is 5. The number of nitrogens with two attached hydrogens (primary N) is 1. The molecule has 0 radical (unpaired) electrons. The van der Waals surface area contributed by atoms with Crippen LogP contribution in [0.4, 0.5) is 0 Å². The summed E-state index contributed by atoms with van der Waals surface area (Å²) in [5.74, 6) is 0. The van der Waals surface area contributed by atoms with Crippen molar-refractivity contribution in [1.29, 1.82) is 0 Å². The second-order valence-corrected chi connectivity index (χ2v) is 4.18. The van der Waals surface area contributed by atoms with Crippen LogP contribution >= 0.6 is 0 Å². The zero-order chi connectivity index (χ0) is 11.3. The van der Waals surface area contributed by atoms with Gasteiger partial charge in [-0.3, -0.25) is 0 Å². The molecule has 0 fully saturated rings. The molecule has 2 unspecified atom stereocenters. The van der Waals surface area contributed by atoms with Gasteiger partial charge in [0.1, 0.15) is 0 Å². The van der Waals surface area contributed by atoms with E-state index in [1.165, 1.54) is 5.56 Å². The van der Waals surface area contributed by atoms with Gasteiger partial charge in [-0.15, -0.1) is 0 Å². The second-order valence-electron chi connectivity index (χ2n) is 4.18. The fourth-order valence-corrected chi connectivity index (χ4v) is 1.53. The standard InChI is InChI=1S/C12H20N2O/c1-14(2)9-12(15)11(13)8-10-6-4-3-5-7-10/h3-7,11-12,15H,8-9,13H2,1-2H3. The molecule has 15 heavy (non-hydrogen) atoms. The second kappa shape index (κ2) is 5.85. The van der Waals surface area contributed by atoms with E-state index in [0.717, 1.165) is 6.42 Å². The first-order chi connectivity index (χ1) is 7.09. The highest BCUT2D eigenvalue weighted by molar-refractivity contribution is 5.16. The van der Waals surface area contributed by atoms with Crippen LogP contribution in [0.5, 0.6) is 0 Å². The van der Waals surface area contributed by atoms with E-state index in [1.807, 2.05) is 49.3 Å². The molecule has 1 aromatic rings. The summed E-state index contributed by atoms with van der Waals surface area (Å²) in [5.41, 5.74) is 7.09. The molecule has 0 aromatic heterocycles. The normalized spacial score (nSPS) is 15.3. The monoisotopic (exact) mass is 208 g/mol. The first kappa shape index (κ1) is 12.2. The largest absolute Gasteiger partial charge is 0.390 e. The molecule has 1 rings (SSSR count). The van der Waals surface area contributed by atoms with Gasteiger partial charge in [0.15, 0.2) is 0 Å². The molecule has 0 amide bonds. The summed E-state index contributed by atoms with van der Waals surface area (Å²) in [5, 5.41) is 9.78. The van der Waals surface area contributed by atoms with Gasteiger partial charge in [-0.05, 0) is 26.1 Å². The van der Waals surface area contributed by atoms with Gasteiger partial charge in [0.2, 0.25) is 0 Å². The number of hydrogen-bond acceptors (Lipinski definition) is 3. The molecule has 0 spiro atoms. The Balaban J connectivity index is 2.45. The van der Waals surface area contributed by atoms with Crippen LogP contribution in [0.15, 0.2) is 30.3 Å². The third-order valence-corrected chi connectivity index (χ3v) is 2.36. The van der Waals surface area contributed by atoms with Crippen molar-refractivity contribution in [3.63, 3.8) is 0 Å². The zero-order valence-corrected chi connectivity index (χ0v) is 9.43. The van der Waals surface area contributed by atoms with Crippen LogP contribution in [0, 0.1) is 0 Å². The Hall–Kier alpha value is -0.900. The third kappa shape index (κ3) is 4.42. The Bertz CT molecular complexity index is 274. The minimum absolute atomic E-state index is 0.199. The molecule has 0 heterocycles. The lowest BCUT2D eigenvalue weighted by atomic mass is 10.0. The first-order valence-electron chi connectivity index (χ1n) is 5.22. The average Bonchev–Trinajstić information content (AvgIpc) is 2.18. The minimum Gasteiger partial charge on any atom is -0.390 e. The lowest BCUT2D eigenvalue weighted by molar-refractivity contribution is 0.111. The fourth-order valence-electron chi connectivity index (χ4n) is 1.53. The van der Waals surface area contributed by atoms with Crippen molar-refractivity contribution in [2.45, 2.75) is 18.6 Å². The molecule has 1 aromatic carbocycles. The highest BCUT2D eigenvalue weighted by Crippen LogP contribution is 2.04. The fraction of sp³-hybridized carbons (Fsp3) is 0.500. The lowest BCUT2D eigenvalue weighted by Crippen LogP contribution is -2.42. The Morgan fingerprint density at radius 1 is 1.27 bits per heavy atom. The summed E-state index contributed by atoms with van der Waals surface area (Å²) in [7, 11) is 3.86. The number of hydrogen-bond donors (Lipinski definition) is 2. The van der Waals surface area contributed by atoms with Gasteiger partial charge < -0.3 is 15.7 Å². The van der Waals surface area contributed by atoms with E-state index in [2.05, 4.69) is 0 Å². The smallest absolute Gasteiger partial charge is 0.0820 e. The van der Waals surface area contributed by atoms with Gasteiger partial charge in [-0.1, -0.05) is 30.3 Å². The molecule has 0 bridgehead atoms. The zero-order valence-electron chi connectivity index (χ0n) is 9.43. The quantitative estimate of drug-likeness (QED) is 0.740. The summed E-state index contributed by atoms with van der Waals surface area (Å²) in [4.78, 5) is 1.94. The van der Waals surface area contributed by atoms with E-state index in [1.54, 1.807) is 0 Å². The van der Waals surface area contributed by atoms with E-state index >= 15 is 0 Å². The predicted molar refractivity (Wildman–Crippen MR) is 62.7 cm³/mol. The number of nitrogens with zero attached hydrogens (tertiary/aromatic N) is 1. The van der Waals surface area contributed by atoms with Crippen molar-refractivity contribution >= 4 is 0 Å². The Morgan fingerprint density at radius 3 is 2.40 bits per heavy atom. The topological polar surface area (TPSA) is 49.5 Å². The van der Waals surface area contributed by atoms with Crippen LogP contribution in [0.1, 0.15) is 5.56 Å². The predicted octanol–water partition coefficient (Wildman–Crippen LogP) is 0.479. The Labute approximate surface area is 91.5 Å². The van der Waals surface area contributed by atoms with Gasteiger partial charge >= 0.3 is 0 Å². The van der Waals surface area contributed by atoms with Crippen molar-refractivity contribution in [2.24, 2.45) is 5.73 Å². The highest BCUT2D eigenvalue weighted by Gasteiger charge is 2.15. The molecule has 3 N–H and O–H groups in total. The van der Waals surface area contributed by atoms with Crippen molar-refractivity contribution in [3.8, 4) is 0 Å². The van der Waals surface area contributed by atoms with E-state index in [-0.39, 0.29) is 6.04 Å². The summed E-state index contributed by atoms with van der Waals surface area (Å²) in [6.45, 7) is 0.605. The minimum atomic E-state index is -0.472. The van der Waals surface area contributed by atoms with Crippen LogP contribution in [-0.2, 0) is 6.42 Å². The number of likely N-dealkylation sites (N-methyl/N-ethyl adjacent to an activating group) is 1. The molecule has 2 atom stereocenters. The molecule has 3 heteroatoms. The Kier molecular flexibility index (Phi) is 4.75.